The monoisotopic (exact) mass is 289 g/mol. The number of pyridine rings is 1. The zero-order valence-electron chi connectivity index (χ0n) is 13.5. The molecular weight excluding hydrogens is 264 g/mol. The van der Waals surface area contributed by atoms with Gasteiger partial charge in [-0.2, -0.15) is 5.10 Å². The van der Waals surface area contributed by atoms with Crippen LogP contribution in [-0.4, -0.2) is 52.2 Å². The first-order valence-corrected chi connectivity index (χ1v) is 7.39. The molecule has 0 aliphatic rings. The van der Waals surface area contributed by atoms with Crippen molar-refractivity contribution in [2.24, 2.45) is 0 Å². The first kappa shape index (κ1) is 15.4. The Morgan fingerprint density at radius 2 is 2.14 bits per heavy atom. The molecule has 3 N–H and O–H groups in total. The summed E-state index contributed by atoms with van der Waals surface area (Å²) in [6.45, 7) is 7.19. The Morgan fingerprint density at radius 3 is 2.76 bits per heavy atom. The van der Waals surface area contributed by atoms with Gasteiger partial charge in [-0.3, -0.25) is 9.58 Å². The summed E-state index contributed by atoms with van der Waals surface area (Å²) in [6, 6.07) is 2.19. The van der Waals surface area contributed by atoms with Gasteiger partial charge in [-0.15, -0.1) is 0 Å². The van der Waals surface area contributed by atoms with Crippen molar-refractivity contribution >= 4 is 22.6 Å². The molecule has 2 aromatic rings. The second kappa shape index (κ2) is 5.81. The van der Waals surface area contributed by atoms with E-state index in [1.54, 1.807) is 6.20 Å². The standard InChI is InChI=1S/C15H25N6/c1-6-8-17-15-12-11(7-9-18-15)19-20-13(12)14(16)21(4,5)10(2)3/h7,9-10,16H,6,8H2,1-5H3,(H,17,18)(H,19,20)/q+1. The van der Waals surface area contributed by atoms with E-state index < -0.39 is 0 Å². The van der Waals surface area contributed by atoms with E-state index in [0.29, 0.717) is 22.1 Å². The lowest BCUT2D eigenvalue weighted by Crippen LogP contribution is -2.50. The summed E-state index contributed by atoms with van der Waals surface area (Å²) in [4.78, 5) is 4.41. The van der Waals surface area contributed by atoms with E-state index in [2.05, 4.69) is 41.3 Å². The fourth-order valence-electron chi connectivity index (χ4n) is 2.05. The van der Waals surface area contributed by atoms with Gasteiger partial charge in [0.25, 0.3) is 0 Å². The first-order chi connectivity index (χ1) is 9.89. The molecule has 6 heteroatoms. The highest BCUT2D eigenvalue weighted by Crippen LogP contribution is 2.25. The van der Waals surface area contributed by atoms with Crippen molar-refractivity contribution in [2.45, 2.75) is 33.2 Å². The summed E-state index contributed by atoms with van der Waals surface area (Å²) in [5.74, 6) is 1.29. The molecule has 0 saturated carbocycles. The third-order valence-electron chi connectivity index (χ3n) is 4.11. The highest BCUT2D eigenvalue weighted by atomic mass is 15.4. The second-order valence-electron chi connectivity index (χ2n) is 6.06. The molecule has 6 nitrogen and oxygen atoms in total. The molecule has 0 bridgehead atoms. The minimum absolute atomic E-state index is 0.299. The molecule has 0 amide bonds. The Bertz CT molecular complexity index is 641. The topological polar surface area (TPSA) is 77.5 Å². The Kier molecular flexibility index (Phi) is 4.27. The van der Waals surface area contributed by atoms with E-state index in [0.717, 1.165) is 29.7 Å². The number of rotatable bonds is 5. The molecule has 0 fully saturated rings. The molecule has 0 aliphatic carbocycles. The summed E-state index contributed by atoms with van der Waals surface area (Å²) in [5, 5.41) is 20.2. The van der Waals surface area contributed by atoms with Crippen molar-refractivity contribution in [2.75, 3.05) is 26.0 Å². The van der Waals surface area contributed by atoms with Gasteiger partial charge in [0.15, 0.2) is 5.69 Å². The minimum atomic E-state index is 0.299. The van der Waals surface area contributed by atoms with Crippen LogP contribution < -0.4 is 5.32 Å². The molecular formula is C15H25N6+. The van der Waals surface area contributed by atoms with Crippen molar-refractivity contribution in [3.8, 4) is 0 Å². The smallest absolute Gasteiger partial charge is 0.248 e. The lowest BCUT2D eigenvalue weighted by atomic mass is 10.1. The molecule has 0 saturated heterocycles. The van der Waals surface area contributed by atoms with Crippen molar-refractivity contribution in [1.29, 1.82) is 5.41 Å². The third kappa shape index (κ3) is 2.76. The summed E-state index contributed by atoms with van der Waals surface area (Å²) in [7, 11) is 4.06. The number of aromatic nitrogens is 3. The molecule has 21 heavy (non-hydrogen) atoms. The van der Waals surface area contributed by atoms with Crippen LogP contribution in [0.4, 0.5) is 5.82 Å². The van der Waals surface area contributed by atoms with Gasteiger partial charge < -0.3 is 5.32 Å². The summed E-state index contributed by atoms with van der Waals surface area (Å²) >= 11 is 0. The minimum Gasteiger partial charge on any atom is -0.369 e. The van der Waals surface area contributed by atoms with Crippen LogP contribution in [0.3, 0.4) is 0 Å². The maximum Gasteiger partial charge on any atom is 0.248 e. The number of quaternary nitrogens is 1. The number of fused-ring (bicyclic) bond motifs is 1. The number of H-pyrrole nitrogens is 1. The highest BCUT2D eigenvalue weighted by molar-refractivity contribution is 6.07. The van der Waals surface area contributed by atoms with Crippen LogP contribution >= 0.6 is 0 Å². The molecule has 2 rings (SSSR count). The average Bonchev–Trinajstić information content (AvgIpc) is 2.88. The zero-order valence-corrected chi connectivity index (χ0v) is 13.5. The van der Waals surface area contributed by atoms with E-state index in [-0.39, 0.29) is 0 Å². The van der Waals surface area contributed by atoms with Crippen LogP contribution in [0.25, 0.3) is 10.9 Å². The molecule has 0 aromatic carbocycles. The van der Waals surface area contributed by atoms with E-state index in [1.807, 2.05) is 20.2 Å². The fraction of sp³-hybridized carbons (Fsp3) is 0.533. The molecule has 0 atom stereocenters. The zero-order chi connectivity index (χ0) is 15.6. The Labute approximate surface area is 125 Å². The average molecular weight is 289 g/mol. The second-order valence-corrected chi connectivity index (χ2v) is 6.06. The molecule has 0 spiro atoms. The lowest BCUT2D eigenvalue weighted by molar-refractivity contribution is -0.822. The Morgan fingerprint density at radius 1 is 1.43 bits per heavy atom. The van der Waals surface area contributed by atoms with Crippen molar-refractivity contribution in [3.05, 3.63) is 18.0 Å². The van der Waals surface area contributed by atoms with Gasteiger partial charge in [0, 0.05) is 12.7 Å². The maximum atomic E-state index is 8.57. The molecule has 114 valence electrons. The van der Waals surface area contributed by atoms with Gasteiger partial charge >= 0.3 is 0 Å². The lowest BCUT2D eigenvalue weighted by Gasteiger charge is -2.32. The van der Waals surface area contributed by atoms with Crippen LogP contribution in [0.1, 0.15) is 32.9 Å². The van der Waals surface area contributed by atoms with E-state index in [9.17, 15) is 0 Å². The van der Waals surface area contributed by atoms with E-state index >= 15 is 0 Å². The predicted octanol–water partition coefficient (Wildman–Crippen LogP) is 2.59. The third-order valence-corrected chi connectivity index (χ3v) is 4.11. The summed E-state index contributed by atoms with van der Waals surface area (Å²) < 4.78 is 0.474. The van der Waals surface area contributed by atoms with Gasteiger partial charge in [0.05, 0.1) is 31.0 Å². The molecule has 0 unspecified atom stereocenters. The Hall–Kier alpha value is -1.95. The molecule has 2 heterocycles. The maximum absolute atomic E-state index is 8.57. The number of amidine groups is 1. The largest absolute Gasteiger partial charge is 0.369 e. The fourth-order valence-corrected chi connectivity index (χ4v) is 2.05. The SMILES string of the molecule is CCCNc1nccc2[nH]nc(C(=N)[N+](C)(C)C(C)C)c12. The molecule has 0 radical (unpaired) electrons. The van der Waals surface area contributed by atoms with E-state index in [1.165, 1.54) is 0 Å². The number of aromatic amines is 1. The first-order valence-electron chi connectivity index (χ1n) is 7.39. The van der Waals surface area contributed by atoms with Crippen LogP contribution in [0, 0.1) is 5.41 Å². The summed E-state index contributed by atoms with van der Waals surface area (Å²) in [5.41, 5.74) is 1.59. The van der Waals surface area contributed by atoms with Gasteiger partial charge in [0.2, 0.25) is 5.84 Å². The number of anilines is 1. The number of hydrogen-bond acceptors (Lipinski definition) is 4. The van der Waals surface area contributed by atoms with Gasteiger partial charge in [0.1, 0.15) is 5.82 Å². The van der Waals surface area contributed by atoms with Gasteiger partial charge in [-0.25, -0.2) is 10.4 Å². The van der Waals surface area contributed by atoms with Crippen LogP contribution in [-0.2, 0) is 0 Å². The predicted molar refractivity (Wildman–Crippen MR) is 86.7 cm³/mol. The Balaban J connectivity index is 2.52. The normalized spacial score (nSPS) is 12.1. The van der Waals surface area contributed by atoms with Crippen molar-refractivity contribution in [1.82, 2.24) is 15.2 Å². The van der Waals surface area contributed by atoms with Gasteiger partial charge in [-0.05, 0) is 26.3 Å². The van der Waals surface area contributed by atoms with Crippen molar-refractivity contribution < 1.29 is 4.48 Å². The molecule has 2 aromatic heterocycles. The number of nitrogens with zero attached hydrogens (tertiary/aromatic N) is 3. The van der Waals surface area contributed by atoms with Crippen LogP contribution in [0.2, 0.25) is 0 Å². The number of nitrogens with one attached hydrogen (secondary N) is 3. The molecule has 0 aliphatic heterocycles. The van der Waals surface area contributed by atoms with E-state index in [4.69, 9.17) is 5.41 Å². The quantitative estimate of drug-likeness (QED) is 0.450. The summed E-state index contributed by atoms with van der Waals surface area (Å²) in [6.07, 6.45) is 2.78. The van der Waals surface area contributed by atoms with Crippen LogP contribution in [0.15, 0.2) is 12.3 Å². The van der Waals surface area contributed by atoms with Crippen molar-refractivity contribution in [3.63, 3.8) is 0 Å². The number of hydrogen-bond donors (Lipinski definition) is 3. The highest BCUT2D eigenvalue weighted by Gasteiger charge is 2.31. The van der Waals surface area contributed by atoms with Gasteiger partial charge in [-0.1, -0.05) is 6.92 Å². The van der Waals surface area contributed by atoms with Crippen LogP contribution in [0.5, 0.6) is 0 Å².